The van der Waals surface area contributed by atoms with Crippen LogP contribution in [0.4, 0.5) is 0 Å². The summed E-state index contributed by atoms with van der Waals surface area (Å²) in [6, 6.07) is 5.80. The van der Waals surface area contributed by atoms with Crippen LogP contribution in [-0.4, -0.2) is 29.1 Å². The Labute approximate surface area is 122 Å². The first-order valence-electron chi connectivity index (χ1n) is 6.95. The van der Waals surface area contributed by atoms with E-state index in [4.69, 9.17) is 9.47 Å². The Balaban J connectivity index is 1.49. The van der Waals surface area contributed by atoms with Gasteiger partial charge in [0.25, 0.3) is 0 Å². The number of aromatic amines is 1. The van der Waals surface area contributed by atoms with Crippen molar-refractivity contribution >= 4 is 5.91 Å². The first kappa shape index (κ1) is 13.5. The van der Waals surface area contributed by atoms with E-state index in [0.717, 1.165) is 22.9 Å². The van der Waals surface area contributed by atoms with E-state index in [0.29, 0.717) is 32.6 Å². The first-order chi connectivity index (χ1) is 10.3. The molecule has 2 aromatic rings. The summed E-state index contributed by atoms with van der Waals surface area (Å²) >= 11 is 0. The maximum atomic E-state index is 11.8. The number of nitrogens with one attached hydrogen (secondary N) is 2. The molecule has 1 aliphatic rings. The lowest BCUT2D eigenvalue weighted by Crippen LogP contribution is -2.23. The third kappa shape index (κ3) is 3.53. The van der Waals surface area contributed by atoms with Crippen molar-refractivity contribution in [3.05, 3.63) is 42.0 Å². The summed E-state index contributed by atoms with van der Waals surface area (Å²) < 4.78 is 11.0. The Morgan fingerprint density at radius 2 is 2.14 bits per heavy atom. The highest BCUT2D eigenvalue weighted by Crippen LogP contribution is 2.30. The van der Waals surface area contributed by atoms with Crippen molar-refractivity contribution in [1.29, 1.82) is 0 Å². The van der Waals surface area contributed by atoms with Gasteiger partial charge in [-0.2, -0.15) is 0 Å². The number of H-pyrrole nitrogens is 1. The standard InChI is InChI=1S/C15H17N3O3/c19-15(18-10-14-16-5-6-17-14)4-2-11-1-3-12-13(9-11)21-8-7-20-12/h1,3,5-6,9H,2,4,7-8,10H2,(H,16,17)(H,18,19). The van der Waals surface area contributed by atoms with E-state index in [1.165, 1.54) is 0 Å². The normalized spacial score (nSPS) is 13.0. The Kier molecular flexibility index (Phi) is 4.04. The van der Waals surface area contributed by atoms with E-state index in [2.05, 4.69) is 15.3 Å². The minimum Gasteiger partial charge on any atom is -0.486 e. The third-order valence-corrected chi connectivity index (χ3v) is 3.26. The molecule has 0 saturated carbocycles. The van der Waals surface area contributed by atoms with Crippen LogP contribution < -0.4 is 14.8 Å². The molecule has 110 valence electrons. The van der Waals surface area contributed by atoms with Crippen LogP contribution in [0.1, 0.15) is 17.8 Å². The highest BCUT2D eigenvalue weighted by Gasteiger charge is 2.12. The predicted molar refractivity (Wildman–Crippen MR) is 76.2 cm³/mol. The fourth-order valence-electron chi connectivity index (χ4n) is 2.17. The Morgan fingerprint density at radius 1 is 1.29 bits per heavy atom. The quantitative estimate of drug-likeness (QED) is 0.872. The van der Waals surface area contributed by atoms with Crippen LogP contribution in [0, 0.1) is 0 Å². The topological polar surface area (TPSA) is 76.2 Å². The van der Waals surface area contributed by atoms with Crippen LogP contribution in [-0.2, 0) is 17.8 Å². The molecule has 1 aliphatic heterocycles. The molecule has 0 radical (unpaired) electrons. The number of carbonyl (C=O) groups is 1. The van der Waals surface area contributed by atoms with E-state index in [1.54, 1.807) is 12.4 Å². The molecule has 0 fully saturated rings. The lowest BCUT2D eigenvalue weighted by Gasteiger charge is -2.18. The number of imidazole rings is 1. The molecule has 1 amide bonds. The zero-order chi connectivity index (χ0) is 14.5. The largest absolute Gasteiger partial charge is 0.486 e. The minimum atomic E-state index is 0.00119. The zero-order valence-electron chi connectivity index (χ0n) is 11.6. The molecule has 6 nitrogen and oxygen atoms in total. The van der Waals surface area contributed by atoms with E-state index < -0.39 is 0 Å². The Hall–Kier alpha value is -2.50. The fourth-order valence-corrected chi connectivity index (χ4v) is 2.17. The van der Waals surface area contributed by atoms with Crippen molar-refractivity contribution in [3.8, 4) is 11.5 Å². The van der Waals surface area contributed by atoms with E-state index in [1.807, 2.05) is 18.2 Å². The summed E-state index contributed by atoms with van der Waals surface area (Å²) in [4.78, 5) is 18.8. The maximum Gasteiger partial charge on any atom is 0.220 e. The second kappa shape index (κ2) is 6.30. The average Bonchev–Trinajstić information content (AvgIpc) is 3.04. The molecule has 0 aliphatic carbocycles. The van der Waals surface area contributed by atoms with Gasteiger partial charge in [0.1, 0.15) is 19.0 Å². The Bertz CT molecular complexity index is 611. The number of ether oxygens (including phenoxy) is 2. The van der Waals surface area contributed by atoms with Gasteiger partial charge in [-0.25, -0.2) is 4.98 Å². The monoisotopic (exact) mass is 287 g/mol. The Morgan fingerprint density at radius 3 is 2.95 bits per heavy atom. The minimum absolute atomic E-state index is 0.00119. The average molecular weight is 287 g/mol. The van der Waals surface area contributed by atoms with Gasteiger partial charge in [0.05, 0.1) is 6.54 Å². The van der Waals surface area contributed by atoms with Crippen molar-refractivity contribution < 1.29 is 14.3 Å². The van der Waals surface area contributed by atoms with Crippen molar-refractivity contribution in [2.24, 2.45) is 0 Å². The molecule has 0 atom stereocenters. The van der Waals surface area contributed by atoms with Crippen molar-refractivity contribution in [2.75, 3.05) is 13.2 Å². The number of aryl methyl sites for hydroxylation is 1. The summed E-state index contributed by atoms with van der Waals surface area (Å²) in [5, 5.41) is 2.83. The lowest BCUT2D eigenvalue weighted by atomic mass is 10.1. The first-order valence-corrected chi connectivity index (χ1v) is 6.95. The molecule has 1 aromatic carbocycles. The molecular weight excluding hydrogens is 270 g/mol. The van der Waals surface area contributed by atoms with Crippen LogP contribution in [0.25, 0.3) is 0 Å². The summed E-state index contributed by atoms with van der Waals surface area (Å²) in [5.41, 5.74) is 1.06. The maximum absolute atomic E-state index is 11.8. The van der Waals surface area contributed by atoms with Gasteiger partial charge in [0.2, 0.25) is 5.91 Å². The van der Waals surface area contributed by atoms with Crippen molar-refractivity contribution in [1.82, 2.24) is 15.3 Å². The van der Waals surface area contributed by atoms with Gasteiger partial charge in [-0.05, 0) is 24.1 Å². The molecule has 0 saturated heterocycles. The molecule has 1 aromatic heterocycles. The van der Waals surface area contributed by atoms with Gasteiger partial charge >= 0.3 is 0 Å². The molecule has 3 rings (SSSR count). The van der Waals surface area contributed by atoms with Crippen LogP contribution in [0.2, 0.25) is 0 Å². The van der Waals surface area contributed by atoms with E-state index in [9.17, 15) is 4.79 Å². The highest BCUT2D eigenvalue weighted by molar-refractivity contribution is 5.76. The van der Waals surface area contributed by atoms with Crippen LogP contribution in [0.3, 0.4) is 0 Å². The van der Waals surface area contributed by atoms with Gasteiger partial charge in [0, 0.05) is 18.8 Å². The number of hydrogen-bond acceptors (Lipinski definition) is 4. The van der Waals surface area contributed by atoms with Gasteiger partial charge in [-0.1, -0.05) is 6.07 Å². The van der Waals surface area contributed by atoms with E-state index in [-0.39, 0.29) is 5.91 Å². The zero-order valence-corrected chi connectivity index (χ0v) is 11.6. The van der Waals surface area contributed by atoms with Gasteiger partial charge in [-0.3, -0.25) is 4.79 Å². The molecule has 2 N–H and O–H groups in total. The molecule has 0 unspecified atom stereocenters. The molecular formula is C15H17N3O3. The number of rotatable bonds is 5. The summed E-state index contributed by atoms with van der Waals surface area (Å²) in [6.07, 6.45) is 4.49. The highest BCUT2D eigenvalue weighted by atomic mass is 16.6. The number of carbonyl (C=O) groups excluding carboxylic acids is 1. The second-order valence-electron chi connectivity index (χ2n) is 4.79. The third-order valence-electron chi connectivity index (χ3n) is 3.26. The van der Waals surface area contributed by atoms with Crippen LogP contribution in [0.5, 0.6) is 11.5 Å². The second-order valence-corrected chi connectivity index (χ2v) is 4.79. The molecule has 2 heterocycles. The number of nitrogens with zero attached hydrogens (tertiary/aromatic N) is 1. The van der Waals surface area contributed by atoms with Gasteiger partial charge in [-0.15, -0.1) is 0 Å². The fraction of sp³-hybridized carbons (Fsp3) is 0.333. The molecule has 0 bridgehead atoms. The van der Waals surface area contributed by atoms with Crippen LogP contribution in [0.15, 0.2) is 30.6 Å². The SMILES string of the molecule is O=C(CCc1ccc2c(c1)OCCO2)NCc1ncc[nH]1. The lowest BCUT2D eigenvalue weighted by molar-refractivity contribution is -0.121. The van der Waals surface area contributed by atoms with E-state index >= 15 is 0 Å². The molecule has 0 spiro atoms. The number of benzene rings is 1. The van der Waals surface area contributed by atoms with Gasteiger partial charge in [0.15, 0.2) is 11.5 Å². The van der Waals surface area contributed by atoms with Gasteiger partial charge < -0.3 is 19.8 Å². The molecule has 6 heteroatoms. The van der Waals surface area contributed by atoms with Crippen LogP contribution >= 0.6 is 0 Å². The number of hydrogen-bond donors (Lipinski definition) is 2. The summed E-state index contributed by atoms with van der Waals surface area (Å²) in [5.74, 6) is 2.28. The smallest absolute Gasteiger partial charge is 0.220 e. The molecule has 21 heavy (non-hydrogen) atoms. The number of aromatic nitrogens is 2. The number of fused-ring (bicyclic) bond motifs is 1. The summed E-state index contributed by atoms with van der Waals surface area (Å²) in [6.45, 7) is 1.58. The predicted octanol–water partition coefficient (Wildman–Crippen LogP) is 1.43. The van der Waals surface area contributed by atoms with Crippen molar-refractivity contribution in [2.45, 2.75) is 19.4 Å². The van der Waals surface area contributed by atoms with Crippen molar-refractivity contribution in [3.63, 3.8) is 0 Å². The number of amides is 1. The summed E-state index contributed by atoms with van der Waals surface area (Å²) in [7, 11) is 0.